The fourth-order valence-electron chi connectivity index (χ4n) is 4.75. The van der Waals surface area contributed by atoms with Crippen LogP contribution in [0.1, 0.15) is 58.4 Å². The van der Waals surface area contributed by atoms with E-state index >= 15 is 0 Å². The maximum absolute atomic E-state index is 13.0. The number of fused-ring (bicyclic) bond motifs is 1. The number of amides is 1. The summed E-state index contributed by atoms with van der Waals surface area (Å²) >= 11 is 0. The number of hydrogen-bond acceptors (Lipinski definition) is 2. The van der Waals surface area contributed by atoms with Gasteiger partial charge in [0.15, 0.2) is 0 Å². The summed E-state index contributed by atoms with van der Waals surface area (Å²) < 4.78 is 0. The molecule has 3 rings (SSSR count). The summed E-state index contributed by atoms with van der Waals surface area (Å²) in [6, 6.07) is 11.8. The Kier molecular flexibility index (Phi) is 5.60. The zero-order chi connectivity index (χ0) is 17.1. The first-order valence-corrected chi connectivity index (χ1v) is 9.68. The molecule has 3 nitrogen and oxygen atoms in total. The lowest BCUT2D eigenvalue weighted by Gasteiger charge is -2.32. The molecule has 1 N–H and O–H groups in total. The second-order valence-electron chi connectivity index (χ2n) is 7.90. The van der Waals surface area contributed by atoms with Crippen molar-refractivity contribution in [1.29, 1.82) is 0 Å². The van der Waals surface area contributed by atoms with Gasteiger partial charge in [-0.25, -0.2) is 0 Å². The van der Waals surface area contributed by atoms with E-state index in [4.69, 9.17) is 0 Å². The number of carbonyl (C=O) groups excluding carboxylic acids is 1. The Morgan fingerprint density at radius 2 is 2.00 bits per heavy atom. The molecule has 2 aliphatic rings. The number of nitrogens with zero attached hydrogens (tertiary/aromatic N) is 1. The van der Waals surface area contributed by atoms with Crippen LogP contribution in [-0.2, 0) is 11.2 Å². The van der Waals surface area contributed by atoms with E-state index in [1.54, 1.807) is 0 Å². The highest BCUT2D eigenvalue weighted by atomic mass is 16.2. The molecular formula is C21H32N2O. The molecule has 1 heterocycles. The van der Waals surface area contributed by atoms with Crippen molar-refractivity contribution in [2.45, 2.75) is 83.5 Å². The second-order valence-corrected chi connectivity index (χ2v) is 7.90. The highest BCUT2D eigenvalue weighted by Crippen LogP contribution is 2.41. The van der Waals surface area contributed by atoms with Crippen molar-refractivity contribution in [3.8, 4) is 0 Å². The summed E-state index contributed by atoms with van der Waals surface area (Å²) in [6.45, 7) is 6.45. The Balaban J connectivity index is 1.50. The van der Waals surface area contributed by atoms with Gasteiger partial charge in [-0.15, -0.1) is 0 Å². The fraction of sp³-hybridized carbons (Fsp3) is 0.667. The van der Waals surface area contributed by atoms with Crippen LogP contribution < -0.4 is 5.32 Å². The Labute approximate surface area is 146 Å². The lowest BCUT2D eigenvalue weighted by Crippen LogP contribution is -2.51. The van der Waals surface area contributed by atoms with Gasteiger partial charge in [0.05, 0.1) is 6.04 Å². The van der Waals surface area contributed by atoms with Gasteiger partial charge in [0.1, 0.15) is 0 Å². The summed E-state index contributed by atoms with van der Waals surface area (Å²) in [4.78, 5) is 15.2. The largest absolute Gasteiger partial charge is 0.335 e. The van der Waals surface area contributed by atoms with Gasteiger partial charge < -0.3 is 10.2 Å². The smallest absolute Gasteiger partial charge is 0.239 e. The normalized spacial score (nSPS) is 28.6. The Bertz CT molecular complexity index is 544. The number of likely N-dealkylation sites (tertiary alicyclic amines) is 1. The minimum absolute atomic E-state index is 0.0856. The topological polar surface area (TPSA) is 32.3 Å². The Hall–Kier alpha value is -1.35. The molecule has 1 aliphatic heterocycles. The van der Waals surface area contributed by atoms with Crippen molar-refractivity contribution in [3.63, 3.8) is 0 Å². The van der Waals surface area contributed by atoms with Crippen molar-refractivity contribution in [3.05, 3.63) is 35.9 Å². The van der Waals surface area contributed by atoms with Crippen molar-refractivity contribution >= 4 is 5.91 Å². The quantitative estimate of drug-likeness (QED) is 0.862. The van der Waals surface area contributed by atoms with Crippen LogP contribution in [0.2, 0.25) is 0 Å². The molecular weight excluding hydrogens is 296 g/mol. The van der Waals surface area contributed by atoms with E-state index in [1.807, 2.05) is 6.92 Å². The van der Waals surface area contributed by atoms with Gasteiger partial charge in [-0.2, -0.15) is 0 Å². The summed E-state index contributed by atoms with van der Waals surface area (Å²) in [7, 11) is 0. The number of hydrogen-bond donors (Lipinski definition) is 1. The molecule has 0 spiro atoms. The molecule has 5 atom stereocenters. The van der Waals surface area contributed by atoms with Crippen LogP contribution in [0.4, 0.5) is 0 Å². The average Bonchev–Trinajstić information content (AvgIpc) is 3.13. The van der Waals surface area contributed by atoms with Gasteiger partial charge in [0.2, 0.25) is 5.91 Å². The molecule has 0 bridgehead atoms. The van der Waals surface area contributed by atoms with Gasteiger partial charge in [-0.3, -0.25) is 4.79 Å². The van der Waals surface area contributed by atoms with Gasteiger partial charge in [0, 0.05) is 18.1 Å². The van der Waals surface area contributed by atoms with E-state index in [9.17, 15) is 4.79 Å². The first-order chi connectivity index (χ1) is 11.6. The maximum atomic E-state index is 13.0. The first kappa shape index (κ1) is 17.5. The third-order valence-corrected chi connectivity index (χ3v) is 5.96. The molecule has 1 saturated carbocycles. The number of nitrogens with one attached hydrogen (secondary N) is 1. The van der Waals surface area contributed by atoms with E-state index in [0.717, 1.165) is 18.8 Å². The monoisotopic (exact) mass is 328 g/mol. The van der Waals surface area contributed by atoms with Crippen LogP contribution in [-0.4, -0.2) is 35.0 Å². The summed E-state index contributed by atoms with van der Waals surface area (Å²) in [5.41, 5.74) is 1.37. The Morgan fingerprint density at radius 3 is 2.75 bits per heavy atom. The fourth-order valence-corrected chi connectivity index (χ4v) is 4.75. The lowest BCUT2D eigenvalue weighted by molar-refractivity contribution is -0.136. The molecule has 3 heteroatoms. The maximum Gasteiger partial charge on any atom is 0.239 e. The minimum Gasteiger partial charge on any atom is -0.335 e. The minimum atomic E-state index is -0.0856. The third kappa shape index (κ3) is 3.83. The Morgan fingerprint density at radius 1 is 1.25 bits per heavy atom. The van der Waals surface area contributed by atoms with Crippen LogP contribution in [0.15, 0.2) is 30.3 Å². The summed E-state index contributed by atoms with van der Waals surface area (Å²) in [5, 5.41) is 3.54. The molecule has 1 saturated heterocycles. The van der Waals surface area contributed by atoms with E-state index < -0.39 is 0 Å². The molecule has 2 fully saturated rings. The van der Waals surface area contributed by atoms with Crippen LogP contribution in [0.5, 0.6) is 0 Å². The number of benzene rings is 1. The van der Waals surface area contributed by atoms with Crippen molar-refractivity contribution in [1.82, 2.24) is 10.2 Å². The molecule has 1 aromatic rings. The van der Waals surface area contributed by atoms with Gasteiger partial charge in [-0.05, 0) is 64.4 Å². The van der Waals surface area contributed by atoms with Crippen molar-refractivity contribution < 1.29 is 4.79 Å². The van der Waals surface area contributed by atoms with E-state index in [2.05, 4.69) is 54.4 Å². The lowest BCUT2D eigenvalue weighted by atomic mass is 10.0. The van der Waals surface area contributed by atoms with Crippen LogP contribution in [0.25, 0.3) is 0 Å². The number of carbonyl (C=O) groups is 1. The zero-order valence-electron chi connectivity index (χ0n) is 15.4. The van der Waals surface area contributed by atoms with Crippen LogP contribution in [0.3, 0.4) is 0 Å². The van der Waals surface area contributed by atoms with E-state index in [-0.39, 0.29) is 6.04 Å². The highest BCUT2D eigenvalue weighted by molar-refractivity contribution is 5.82. The molecule has 1 amide bonds. The van der Waals surface area contributed by atoms with E-state index in [0.29, 0.717) is 24.0 Å². The van der Waals surface area contributed by atoms with Crippen molar-refractivity contribution in [2.24, 2.45) is 5.92 Å². The van der Waals surface area contributed by atoms with Crippen molar-refractivity contribution in [2.75, 3.05) is 0 Å². The molecule has 1 aliphatic carbocycles. The molecule has 0 unspecified atom stereocenters. The van der Waals surface area contributed by atoms with Gasteiger partial charge in [0.25, 0.3) is 0 Å². The molecule has 24 heavy (non-hydrogen) atoms. The third-order valence-electron chi connectivity index (χ3n) is 5.96. The predicted octanol–water partition coefficient (Wildman–Crippen LogP) is 3.78. The first-order valence-electron chi connectivity index (χ1n) is 9.68. The van der Waals surface area contributed by atoms with Crippen LogP contribution in [0, 0.1) is 5.92 Å². The molecule has 1 aromatic carbocycles. The molecule has 132 valence electrons. The number of rotatable bonds is 6. The van der Waals surface area contributed by atoms with Crippen LogP contribution >= 0.6 is 0 Å². The second kappa shape index (κ2) is 7.69. The summed E-state index contributed by atoms with van der Waals surface area (Å²) in [5.74, 6) is 1.06. The molecule has 0 radical (unpaired) electrons. The average molecular weight is 329 g/mol. The predicted molar refractivity (Wildman–Crippen MR) is 98.9 cm³/mol. The number of aryl methyl sites for hydroxylation is 1. The summed E-state index contributed by atoms with van der Waals surface area (Å²) in [6.07, 6.45) is 7.13. The highest BCUT2D eigenvalue weighted by Gasteiger charge is 2.44. The van der Waals surface area contributed by atoms with Gasteiger partial charge in [-0.1, -0.05) is 36.8 Å². The van der Waals surface area contributed by atoms with Gasteiger partial charge >= 0.3 is 0 Å². The van der Waals surface area contributed by atoms with E-state index in [1.165, 1.54) is 31.2 Å². The molecule has 0 aromatic heterocycles. The standard InChI is InChI=1S/C21H32N2O/c1-15(12-13-18-8-5-4-6-9-18)22-17(3)21(24)23-16(2)14-19-10-7-11-20(19)23/h4-6,8-9,15-17,19-20,22H,7,10-14H2,1-3H3/t15-,16+,17+,19-,20-/m1/s1. The SMILES string of the molecule is C[C@H](CCc1ccccc1)N[C@@H](C)C(=O)N1[C@@H]2CCC[C@@H]2C[C@@H]1C. The zero-order valence-corrected chi connectivity index (χ0v) is 15.4.